The first-order chi connectivity index (χ1) is 11.4. The molecule has 2 aromatic carbocycles. The molecule has 1 aliphatic heterocycles. The fourth-order valence-corrected chi connectivity index (χ4v) is 3.74. The van der Waals surface area contributed by atoms with Crippen molar-refractivity contribution in [2.45, 2.75) is 29.2 Å². The first-order valence-electron chi connectivity index (χ1n) is 7.59. The van der Waals surface area contributed by atoms with Gasteiger partial charge in [0.15, 0.2) is 0 Å². The quantitative estimate of drug-likeness (QED) is 0.565. The monoisotopic (exact) mass is 333 g/mol. The zero-order valence-electron chi connectivity index (χ0n) is 13.6. The number of fused-ring (bicyclic) bond motifs is 2. The van der Waals surface area contributed by atoms with Crippen LogP contribution in [-0.4, -0.2) is 11.4 Å². The normalized spacial score (nSPS) is 12.7. The molecule has 0 fully saturated rings. The number of nitrogens with one attached hydrogen (secondary N) is 1. The number of nitrogens with zero attached hydrogens (tertiary/aromatic N) is 1. The number of carbonyl (C=O) groups is 1. The van der Waals surface area contributed by atoms with Crippen LogP contribution in [0.1, 0.15) is 25.0 Å². The summed E-state index contributed by atoms with van der Waals surface area (Å²) < 4.78 is 0. The molecule has 2 aromatic rings. The van der Waals surface area contributed by atoms with E-state index in [0.717, 1.165) is 20.9 Å². The second-order valence-corrected chi connectivity index (χ2v) is 7.38. The Labute approximate surface area is 146 Å². The molecule has 1 N–H and O–H groups in total. The van der Waals surface area contributed by atoms with Crippen LogP contribution in [0.4, 0.5) is 0 Å². The van der Waals surface area contributed by atoms with Crippen molar-refractivity contribution in [2.24, 2.45) is 0 Å². The Morgan fingerprint density at radius 3 is 2.04 bits per heavy atom. The van der Waals surface area contributed by atoms with Crippen molar-refractivity contribution in [3.05, 3.63) is 72.2 Å². The third-order valence-electron chi connectivity index (χ3n) is 3.57. The van der Waals surface area contributed by atoms with E-state index in [0.29, 0.717) is 5.57 Å². The van der Waals surface area contributed by atoms with E-state index < -0.39 is 11.4 Å². The Morgan fingerprint density at radius 2 is 1.58 bits per heavy atom. The lowest BCUT2D eigenvalue weighted by Gasteiger charge is -2.25. The average molecular weight is 333 g/mol. The van der Waals surface area contributed by atoms with E-state index in [1.165, 1.54) is 0 Å². The molecule has 0 aromatic heterocycles. The molecule has 1 radical (unpaired) electrons. The number of nitriles is 1. The van der Waals surface area contributed by atoms with Gasteiger partial charge < -0.3 is 5.32 Å². The van der Waals surface area contributed by atoms with Gasteiger partial charge in [-0.3, -0.25) is 4.79 Å². The molecule has 4 heteroatoms. The van der Waals surface area contributed by atoms with Crippen molar-refractivity contribution in [1.82, 2.24) is 5.32 Å². The summed E-state index contributed by atoms with van der Waals surface area (Å²) in [5, 5.41) is 12.5. The molecule has 1 heterocycles. The highest BCUT2D eigenvalue weighted by Crippen LogP contribution is 2.46. The van der Waals surface area contributed by atoms with Crippen LogP contribution in [0.2, 0.25) is 0 Å². The van der Waals surface area contributed by atoms with Gasteiger partial charge >= 0.3 is 0 Å². The number of carbonyl (C=O) groups excluding carboxylic acids is 1. The Balaban J connectivity index is 2.25. The fraction of sp³-hybridized carbons (Fsp3) is 0.150. The zero-order chi connectivity index (χ0) is 17.3. The maximum atomic E-state index is 12.7. The third kappa shape index (κ3) is 3.08. The molecule has 1 aliphatic rings. The van der Waals surface area contributed by atoms with Crippen molar-refractivity contribution in [3.8, 4) is 6.07 Å². The smallest absolute Gasteiger partial charge is 0.263 e. The standard InChI is InChI=1S/C20H17N2OS/c1-20(2,3)22-19(23)15(12-21)18-13-8-4-6-10-16(13)24-17-11-7-5-9-14(17)18/h4-11H,1H2,2-3H3,(H,22,23). The molecule has 0 unspecified atom stereocenters. The molecule has 3 nitrogen and oxygen atoms in total. The maximum absolute atomic E-state index is 12.7. The first-order valence-corrected chi connectivity index (χ1v) is 8.41. The summed E-state index contributed by atoms with van der Waals surface area (Å²) in [6.45, 7) is 7.48. The van der Waals surface area contributed by atoms with E-state index in [-0.39, 0.29) is 5.57 Å². The van der Waals surface area contributed by atoms with E-state index in [2.05, 4.69) is 18.3 Å². The number of hydrogen-bond acceptors (Lipinski definition) is 3. The Bertz CT molecular complexity index is 837. The molecule has 24 heavy (non-hydrogen) atoms. The van der Waals surface area contributed by atoms with Crippen LogP contribution in [0, 0.1) is 18.3 Å². The van der Waals surface area contributed by atoms with Crippen molar-refractivity contribution in [2.75, 3.05) is 0 Å². The Kier molecular flexibility index (Phi) is 4.21. The predicted octanol–water partition coefficient (Wildman–Crippen LogP) is 4.21. The lowest BCUT2D eigenvalue weighted by Crippen LogP contribution is -2.41. The largest absolute Gasteiger partial charge is 0.347 e. The predicted molar refractivity (Wildman–Crippen MR) is 96.2 cm³/mol. The van der Waals surface area contributed by atoms with Gasteiger partial charge in [0.05, 0.1) is 0 Å². The molecule has 0 saturated heterocycles. The molecule has 0 saturated carbocycles. The van der Waals surface area contributed by atoms with Crippen LogP contribution in [-0.2, 0) is 4.79 Å². The zero-order valence-corrected chi connectivity index (χ0v) is 14.4. The minimum absolute atomic E-state index is 0.118. The van der Waals surface area contributed by atoms with Gasteiger partial charge in [0, 0.05) is 20.9 Å². The minimum atomic E-state index is -0.651. The topological polar surface area (TPSA) is 52.9 Å². The molecule has 0 aliphatic carbocycles. The second kappa shape index (κ2) is 6.18. The molecule has 1 amide bonds. The van der Waals surface area contributed by atoms with Crippen molar-refractivity contribution in [1.29, 1.82) is 5.26 Å². The van der Waals surface area contributed by atoms with E-state index in [9.17, 15) is 10.1 Å². The summed E-state index contributed by atoms with van der Waals surface area (Å²) in [5.41, 5.74) is 1.98. The van der Waals surface area contributed by atoms with E-state index >= 15 is 0 Å². The third-order valence-corrected chi connectivity index (χ3v) is 4.73. The lowest BCUT2D eigenvalue weighted by molar-refractivity contribution is -0.118. The van der Waals surface area contributed by atoms with Crippen molar-refractivity contribution >= 4 is 23.2 Å². The van der Waals surface area contributed by atoms with Crippen LogP contribution in [0.25, 0.3) is 5.57 Å². The van der Waals surface area contributed by atoms with Crippen LogP contribution >= 0.6 is 11.8 Å². The first kappa shape index (κ1) is 16.4. The van der Waals surface area contributed by atoms with Crippen molar-refractivity contribution < 1.29 is 4.79 Å². The van der Waals surface area contributed by atoms with Crippen LogP contribution in [0.5, 0.6) is 0 Å². The highest BCUT2D eigenvalue weighted by Gasteiger charge is 2.27. The summed E-state index contributed by atoms with van der Waals surface area (Å²) in [7, 11) is 0. The Hall–Kier alpha value is -2.51. The summed E-state index contributed by atoms with van der Waals surface area (Å²) >= 11 is 1.65. The van der Waals surface area contributed by atoms with Crippen LogP contribution < -0.4 is 5.32 Å². The van der Waals surface area contributed by atoms with Gasteiger partial charge in [-0.25, -0.2) is 0 Å². The van der Waals surface area contributed by atoms with Gasteiger partial charge in [0.25, 0.3) is 5.91 Å². The van der Waals surface area contributed by atoms with Gasteiger partial charge in [-0.15, -0.1) is 0 Å². The second-order valence-electron chi connectivity index (χ2n) is 6.29. The number of benzene rings is 2. The number of rotatable bonds is 2. The minimum Gasteiger partial charge on any atom is -0.347 e. The van der Waals surface area contributed by atoms with E-state index in [1.54, 1.807) is 25.6 Å². The van der Waals surface area contributed by atoms with E-state index in [4.69, 9.17) is 0 Å². The number of amides is 1. The molecule has 119 valence electrons. The summed E-state index contributed by atoms with van der Waals surface area (Å²) in [4.78, 5) is 14.8. The maximum Gasteiger partial charge on any atom is 0.263 e. The van der Waals surface area contributed by atoms with E-state index in [1.807, 2.05) is 48.5 Å². The fourth-order valence-electron chi connectivity index (χ4n) is 2.65. The van der Waals surface area contributed by atoms with Gasteiger partial charge in [-0.1, -0.05) is 48.2 Å². The summed E-state index contributed by atoms with van der Waals surface area (Å²) in [6, 6.07) is 17.8. The average Bonchev–Trinajstić information content (AvgIpc) is 2.53. The van der Waals surface area contributed by atoms with Gasteiger partial charge in [-0.05, 0) is 44.0 Å². The van der Waals surface area contributed by atoms with Gasteiger partial charge in [-0.2, -0.15) is 5.26 Å². The highest BCUT2D eigenvalue weighted by molar-refractivity contribution is 7.99. The molecule has 0 atom stereocenters. The summed E-state index contributed by atoms with van der Waals surface area (Å²) in [5.74, 6) is -0.399. The van der Waals surface area contributed by atoms with Gasteiger partial charge in [0.2, 0.25) is 0 Å². The summed E-state index contributed by atoms with van der Waals surface area (Å²) in [6.07, 6.45) is 0. The van der Waals surface area contributed by atoms with Gasteiger partial charge in [0.1, 0.15) is 11.6 Å². The molecular weight excluding hydrogens is 316 g/mol. The highest BCUT2D eigenvalue weighted by atomic mass is 32.2. The molecule has 3 rings (SSSR count). The lowest BCUT2D eigenvalue weighted by atomic mass is 9.92. The van der Waals surface area contributed by atoms with Crippen LogP contribution in [0.3, 0.4) is 0 Å². The SMILES string of the molecule is [CH2]C(C)(C)NC(=O)C(C#N)=C1c2ccccc2Sc2ccccc21. The molecule has 0 spiro atoms. The number of hydrogen-bond donors (Lipinski definition) is 1. The Morgan fingerprint density at radius 1 is 1.08 bits per heavy atom. The molecular formula is C20H17N2OS. The molecule has 0 bridgehead atoms. The van der Waals surface area contributed by atoms with Crippen LogP contribution in [0.15, 0.2) is 63.9 Å². The van der Waals surface area contributed by atoms with Crippen molar-refractivity contribution in [3.63, 3.8) is 0 Å².